The number of aryl methyl sites for hydroxylation is 1. The summed E-state index contributed by atoms with van der Waals surface area (Å²) in [6.45, 7) is 2.15. The van der Waals surface area contributed by atoms with Crippen LogP contribution < -0.4 is 10.2 Å². The molecule has 1 N–H and O–H groups in total. The summed E-state index contributed by atoms with van der Waals surface area (Å²) in [4.78, 5) is 2.38. The van der Waals surface area contributed by atoms with Crippen LogP contribution in [0.1, 0.15) is 31.2 Å². The molecule has 1 aliphatic carbocycles. The molecule has 0 atom stereocenters. The average Bonchev–Trinajstić information content (AvgIpc) is 2.47. The van der Waals surface area contributed by atoms with Gasteiger partial charge < -0.3 is 10.2 Å². The monoisotopic (exact) mass is 257 g/mol. The molecule has 3 nitrogen and oxygen atoms in total. The minimum atomic E-state index is -0.303. The van der Waals surface area contributed by atoms with Gasteiger partial charge in [0.2, 0.25) is 0 Å². The fourth-order valence-corrected chi connectivity index (χ4v) is 3.06. The molecule has 0 amide bonds. The Bertz CT molecular complexity index is 467. The molecule has 1 aromatic carbocycles. The zero-order chi connectivity index (χ0) is 13.9. The van der Waals surface area contributed by atoms with Crippen molar-refractivity contribution in [2.45, 2.75) is 44.2 Å². The molecule has 1 fully saturated rings. The second kappa shape index (κ2) is 5.63. The minimum absolute atomic E-state index is 0.303. The normalized spacial score (nSPS) is 26.7. The maximum absolute atomic E-state index is 9.30. The minimum Gasteiger partial charge on any atom is -0.371 e. The largest absolute Gasteiger partial charge is 0.371 e. The van der Waals surface area contributed by atoms with E-state index >= 15 is 0 Å². The Balaban J connectivity index is 2.06. The molecule has 0 radical (unpaired) electrons. The molecule has 1 aromatic rings. The number of rotatable bonds is 3. The molecule has 0 unspecified atom stereocenters. The third-order valence-electron chi connectivity index (χ3n) is 4.54. The molecule has 0 heterocycles. The molecule has 1 saturated carbocycles. The van der Waals surface area contributed by atoms with Gasteiger partial charge in [-0.1, -0.05) is 18.2 Å². The Morgan fingerprint density at radius 3 is 2.47 bits per heavy atom. The van der Waals surface area contributed by atoms with Crippen molar-refractivity contribution >= 4 is 5.69 Å². The van der Waals surface area contributed by atoms with E-state index in [1.807, 2.05) is 7.05 Å². The quantitative estimate of drug-likeness (QED) is 0.905. The van der Waals surface area contributed by atoms with Gasteiger partial charge in [-0.2, -0.15) is 5.26 Å². The summed E-state index contributed by atoms with van der Waals surface area (Å²) < 4.78 is 0. The maximum Gasteiger partial charge on any atom is 0.106 e. The highest BCUT2D eigenvalue weighted by molar-refractivity contribution is 5.53. The summed E-state index contributed by atoms with van der Waals surface area (Å²) in [5, 5.41) is 12.5. The van der Waals surface area contributed by atoms with Gasteiger partial charge in [0.05, 0.1) is 6.07 Å². The van der Waals surface area contributed by atoms with Crippen LogP contribution in [0.3, 0.4) is 0 Å². The van der Waals surface area contributed by atoms with Crippen molar-refractivity contribution in [3.8, 4) is 6.07 Å². The van der Waals surface area contributed by atoms with Gasteiger partial charge in [-0.15, -0.1) is 0 Å². The SMILES string of the molecule is CNC1(C#N)CCC(N(C)c2ccccc2C)CC1. The van der Waals surface area contributed by atoms with E-state index in [4.69, 9.17) is 0 Å². The van der Waals surface area contributed by atoms with Crippen molar-refractivity contribution in [1.29, 1.82) is 5.26 Å². The first-order chi connectivity index (χ1) is 9.12. The third kappa shape index (κ3) is 2.74. The summed E-state index contributed by atoms with van der Waals surface area (Å²) >= 11 is 0. The van der Waals surface area contributed by atoms with Crippen molar-refractivity contribution in [2.24, 2.45) is 0 Å². The first kappa shape index (κ1) is 13.9. The summed E-state index contributed by atoms with van der Waals surface area (Å²) in [5.41, 5.74) is 2.32. The van der Waals surface area contributed by atoms with Crippen LogP contribution in [0, 0.1) is 18.3 Å². The van der Waals surface area contributed by atoms with Crippen molar-refractivity contribution in [3.05, 3.63) is 29.8 Å². The van der Waals surface area contributed by atoms with Gasteiger partial charge in [-0.3, -0.25) is 0 Å². The van der Waals surface area contributed by atoms with Gasteiger partial charge >= 0.3 is 0 Å². The number of benzene rings is 1. The van der Waals surface area contributed by atoms with Crippen molar-refractivity contribution < 1.29 is 0 Å². The summed E-state index contributed by atoms with van der Waals surface area (Å²) in [6.07, 6.45) is 4.00. The van der Waals surface area contributed by atoms with Crippen molar-refractivity contribution in [1.82, 2.24) is 5.32 Å². The van der Waals surface area contributed by atoms with Gasteiger partial charge in [0.15, 0.2) is 0 Å². The van der Waals surface area contributed by atoms with Crippen LogP contribution in [0.4, 0.5) is 5.69 Å². The molecule has 1 aliphatic rings. The van der Waals surface area contributed by atoms with Gasteiger partial charge in [-0.25, -0.2) is 0 Å². The topological polar surface area (TPSA) is 39.1 Å². The fourth-order valence-electron chi connectivity index (χ4n) is 3.06. The van der Waals surface area contributed by atoms with E-state index in [1.165, 1.54) is 11.3 Å². The van der Waals surface area contributed by atoms with Crippen LogP contribution in [0.2, 0.25) is 0 Å². The highest BCUT2D eigenvalue weighted by Gasteiger charge is 2.35. The summed E-state index contributed by atoms with van der Waals surface area (Å²) in [7, 11) is 4.07. The number of nitrogens with zero attached hydrogens (tertiary/aromatic N) is 2. The number of hydrogen-bond donors (Lipinski definition) is 1. The summed E-state index contributed by atoms with van der Waals surface area (Å²) in [6, 6.07) is 11.5. The van der Waals surface area contributed by atoms with Gasteiger partial charge in [0.25, 0.3) is 0 Å². The van der Waals surface area contributed by atoms with Crippen LogP contribution in [0.25, 0.3) is 0 Å². The molecule has 0 aliphatic heterocycles. The lowest BCUT2D eigenvalue weighted by Gasteiger charge is -2.40. The standard InChI is InChI=1S/C16H23N3/c1-13-6-4-5-7-15(13)19(3)14-8-10-16(12-17,18-2)11-9-14/h4-7,14,18H,8-11H2,1-3H3. The van der Waals surface area contributed by atoms with Crippen molar-refractivity contribution in [3.63, 3.8) is 0 Å². The predicted octanol–water partition coefficient (Wildman–Crippen LogP) is 2.86. The number of nitriles is 1. The van der Waals surface area contributed by atoms with Gasteiger partial charge in [-0.05, 0) is 51.3 Å². The van der Waals surface area contributed by atoms with Crippen LogP contribution in [0.5, 0.6) is 0 Å². The lowest BCUT2D eigenvalue weighted by molar-refractivity contribution is 0.287. The average molecular weight is 257 g/mol. The lowest BCUT2D eigenvalue weighted by atomic mass is 9.80. The Hall–Kier alpha value is -1.53. The highest BCUT2D eigenvalue weighted by atomic mass is 15.1. The molecule has 0 saturated heterocycles. The number of nitrogens with one attached hydrogen (secondary N) is 1. The second-order valence-corrected chi connectivity index (χ2v) is 5.57. The molecule has 0 bridgehead atoms. The van der Waals surface area contributed by atoms with Crippen molar-refractivity contribution in [2.75, 3.05) is 19.0 Å². The Kier molecular flexibility index (Phi) is 4.11. The van der Waals surface area contributed by atoms with Gasteiger partial charge in [0.1, 0.15) is 5.54 Å². The second-order valence-electron chi connectivity index (χ2n) is 5.57. The predicted molar refractivity (Wildman–Crippen MR) is 79.2 cm³/mol. The molecule has 2 rings (SSSR count). The van der Waals surface area contributed by atoms with Crippen LogP contribution >= 0.6 is 0 Å². The number of para-hydroxylation sites is 1. The summed E-state index contributed by atoms with van der Waals surface area (Å²) in [5.74, 6) is 0. The van der Waals surface area contributed by atoms with E-state index in [0.29, 0.717) is 6.04 Å². The molecular formula is C16H23N3. The van der Waals surface area contributed by atoms with Crippen LogP contribution in [0.15, 0.2) is 24.3 Å². The van der Waals surface area contributed by atoms with E-state index in [2.05, 4.69) is 54.5 Å². The van der Waals surface area contributed by atoms with E-state index < -0.39 is 0 Å². The highest BCUT2D eigenvalue weighted by Crippen LogP contribution is 2.32. The first-order valence-electron chi connectivity index (χ1n) is 7.00. The Morgan fingerprint density at radius 1 is 1.32 bits per heavy atom. The molecule has 3 heteroatoms. The fraction of sp³-hybridized carbons (Fsp3) is 0.562. The van der Waals surface area contributed by atoms with E-state index in [9.17, 15) is 5.26 Å². The molecular weight excluding hydrogens is 234 g/mol. The molecule has 19 heavy (non-hydrogen) atoms. The maximum atomic E-state index is 9.30. The first-order valence-corrected chi connectivity index (χ1v) is 7.00. The zero-order valence-electron chi connectivity index (χ0n) is 12.1. The van der Waals surface area contributed by atoms with Gasteiger partial charge in [0, 0.05) is 18.8 Å². The number of anilines is 1. The Morgan fingerprint density at radius 2 is 1.95 bits per heavy atom. The van der Waals surface area contributed by atoms with E-state index in [0.717, 1.165) is 25.7 Å². The van der Waals surface area contributed by atoms with Crippen LogP contribution in [-0.2, 0) is 0 Å². The van der Waals surface area contributed by atoms with E-state index in [1.54, 1.807) is 0 Å². The number of hydrogen-bond acceptors (Lipinski definition) is 3. The van der Waals surface area contributed by atoms with Crippen LogP contribution in [-0.4, -0.2) is 25.7 Å². The molecule has 0 spiro atoms. The zero-order valence-corrected chi connectivity index (χ0v) is 12.1. The molecule has 102 valence electrons. The lowest BCUT2D eigenvalue weighted by Crippen LogP contribution is -2.48. The Labute approximate surface area is 116 Å². The van der Waals surface area contributed by atoms with E-state index in [-0.39, 0.29) is 5.54 Å². The smallest absolute Gasteiger partial charge is 0.106 e. The molecule has 0 aromatic heterocycles. The third-order valence-corrected chi connectivity index (χ3v) is 4.54.